The quantitative estimate of drug-likeness (QED) is 0.362. The third kappa shape index (κ3) is 4.84. The number of hydrogen-bond acceptors (Lipinski definition) is 7. The molecule has 0 radical (unpaired) electrons. The van der Waals surface area contributed by atoms with E-state index in [1.165, 1.54) is 12.1 Å². The largest absolute Gasteiger partial charge is 0.391 e. The van der Waals surface area contributed by atoms with E-state index in [4.69, 9.17) is 4.84 Å². The van der Waals surface area contributed by atoms with Crippen LogP contribution in [0, 0.1) is 11.7 Å². The maximum Gasteiger partial charge on any atom is 0.259 e. The molecular weight excluding hydrogens is 475 g/mol. The SMILES string of the molecule is C=C[C@@H]1C[C@@]1(NC(=O)C1CC(O/N=C2/CCCc3ccc(F)cc32)CN1)C(=O)NS(=O)(=O)C1CC1. The summed E-state index contributed by atoms with van der Waals surface area (Å²) in [6, 6.07) is 4.07. The number of sulfonamides is 1. The van der Waals surface area contributed by atoms with Gasteiger partial charge in [0.2, 0.25) is 15.9 Å². The number of amides is 2. The van der Waals surface area contributed by atoms with Gasteiger partial charge in [-0.2, -0.15) is 0 Å². The summed E-state index contributed by atoms with van der Waals surface area (Å²) in [5.74, 6) is -1.79. The molecule has 4 atom stereocenters. The number of nitrogens with zero attached hydrogens (tertiary/aromatic N) is 1. The summed E-state index contributed by atoms with van der Waals surface area (Å²) in [7, 11) is -3.73. The zero-order valence-electron chi connectivity index (χ0n) is 19.3. The molecule has 188 valence electrons. The van der Waals surface area contributed by atoms with Gasteiger partial charge in [-0.15, -0.1) is 6.58 Å². The number of halogens is 1. The lowest BCUT2D eigenvalue weighted by Crippen LogP contribution is -2.55. The van der Waals surface area contributed by atoms with E-state index < -0.39 is 38.7 Å². The lowest BCUT2D eigenvalue weighted by atomic mass is 9.90. The van der Waals surface area contributed by atoms with Crippen molar-refractivity contribution in [1.29, 1.82) is 0 Å². The van der Waals surface area contributed by atoms with Crippen LogP contribution in [0.4, 0.5) is 4.39 Å². The van der Waals surface area contributed by atoms with Crippen LogP contribution in [0.3, 0.4) is 0 Å². The molecule has 3 aliphatic carbocycles. The van der Waals surface area contributed by atoms with Crippen molar-refractivity contribution in [2.75, 3.05) is 6.54 Å². The van der Waals surface area contributed by atoms with Gasteiger partial charge < -0.3 is 15.5 Å². The molecular formula is C24H29FN4O5S. The van der Waals surface area contributed by atoms with Gasteiger partial charge in [-0.25, -0.2) is 12.8 Å². The molecule has 1 heterocycles. The molecule has 0 aromatic heterocycles. The van der Waals surface area contributed by atoms with Crippen molar-refractivity contribution in [2.45, 2.75) is 67.9 Å². The molecule has 1 aromatic rings. The van der Waals surface area contributed by atoms with E-state index in [1.807, 2.05) is 0 Å². The fraction of sp³-hybridized carbons (Fsp3) is 0.542. The Morgan fingerprint density at radius 1 is 1.29 bits per heavy atom. The molecule has 35 heavy (non-hydrogen) atoms. The number of nitrogens with one attached hydrogen (secondary N) is 3. The summed E-state index contributed by atoms with van der Waals surface area (Å²) < 4.78 is 40.3. The van der Waals surface area contributed by atoms with Crippen molar-refractivity contribution in [3.63, 3.8) is 0 Å². The highest BCUT2D eigenvalue weighted by Gasteiger charge is 2.61. The third-order valence-electron chi connectivity index (χ3n) is 7.21. The molecule has 5 rings (SSSR count). The highest BCUT2D eigenvalue weighted by Crippen LogP contribution is 2.45. The van der Waals surface area contributed by atoms with Crippen LogP contribution in [0.25, 0.3) is 0 Å². The van der Waals surface area contributed by atoms with Crippen molar-refractivity contribution in [1.82, 2.24) is 15.4 Å². The maximum atomic E-state index is 13.7. The molecule has 2 saturated carbocycles. The number of benzene rings is 1. The molecule has 0 spiro atoms. The maximum absolute atomic E-state index is 13.7. The van der Waals surface area contributed by atoms with E-state index in [9.17, 15) is 22.4 Å². The smallest absolute Gasteiger partial charge is 0.259 e. The minimum atomic E-state index is -3.73. The van der Waals surface area contributed by atoms with Crippen molar-refractivity contribution < 1.29 is 27.2 Å². The Morgan fingerprint density at radius 3 is 2.80 bits per heavy atom. The van der Waals surface area contributed by atoms with Crippen LogP contribution in [0.5, 0.6) is 0 Å². The zero-order chi connectivity index (χ0) is 24.8. The number of hydrogen-bond donors (Lipinski definition) is 3. The summed E-state index contributed by atoms with van der Waals surface area (Å²) in [6.07, 6.45) is 5.33. The van der Waals surface area contributed by atoms with Gasteiger partial charge in [0.15, 0.2) is 0 Å². The van der Waals surface area contributed by atoms with Gasteiger partial charge in [0.25, 0.3) is 5.91 Å². The fourth-order valence-electron chi connectivity index (χ4n) is 4.86. The highest BCUT2D eigenvalue weighted by atomic mass is 32.2. The monoisotopic (exact) mass is 504 g/mol. The van der Waals surface area contributed by atoms with E-state index in [0.717, 1.165) is 24.0 Å². The number of carbonyl (C=O) groups excluding carboxylic acids is 2. The van der Waals surface area contributed by atoms with Gasteiger partial charge >= 0.3 is 0 Å². The molecule has 3 fully saturated rings. The molecule has 1 saturated heterocycles. The van der Waals surface area contributed by atoms with Gasteiger partial charge in [-0.1, -0.05) is 17.3 Å². The lowest BCUT2D eigenvalue weighted by Gasteiger charge is -2.21. The average Bonchev–Trinajstić information content (AvgIpc) is 3.74. The van der Waals surface area contributed by atoms with Gasteiger partial charge in [0.05, 0.1) is 17.0 Å². The summed E-state index contributed by atoms with van der Waals surface area (Å²) in [5.41, 5.74) is 1.18. The van der Waals surface area contributed by atoms with E-state index >= 15 is 0 Å². The Kier molecular flexibility index (Phi) is 6.16. The van der Waals surface area contributed by atoms with Crippen molar-refractivity contribution in [3.8, 4) is 0 Å². The third-order valence-corrected chi connectivity index (χ3v) is 9.03. The second kappa shape index (κ2) is 9.02. The minimum Gasteiger partial charge on any atom is -0.391 e. The van der Waals surface area contributed by atoms with Crippen LogP contribution in [0.1, 0.15) is 49.7 Å². The minimum absolute atomic E-state index is 0.296. The van der Waals surface area contributed by atoms with Crippen LogP contribution < -0.4 is 15.4 Å². The Balaban J connectivity index is 1.19. The second-order valence-electron chi connectivity index (χ2n) is 9.80. The summed E-state index contributed by atoms with van der Waals surface area (Å²) in [6.45, 7) is 4.08. The van der Waals surface area contributed by atoms with E-state index in [1.54, 1.807) is 12.1 Å². The molecule has 1 aliphatic heterocycles. The number of carbonyl (C=O) groups is 2. The predicted molar refractivity (Wildman–Crippen MR) is 126 cm³/mol. The summed E-state index contributed by atoms with van der Waals surface area (Å²) in [5, 5.41) is 9.57. The van der Waals surface area contributed by atoms with Gasteiger partial charge in [-0.05, 0) is 56.2 Å². The Hall–Kier alpha value is -2.79. The molecule has 1 aromatic carbocycles. The van der Waals surface area contributed by atoms with E-state index in [-0.39, 0.29) is 17.8 Å². The van der Waals surface area contributed by atoms with Crippen molar-refractivity contribution in [2.24, 2.45) is 11.1 Å². The van der Waals surface area contributed by atoms with E-state index in [2.05, 4.69) is 27.1 Å². The fourth-order valence-corrected chi connectivity index (χ4v) is 6.22. The average molecular weight is 505 g/mol. The first-order chi connectivity index (χ1) is 16.7. The number of oxime groups is 1. The number of rotatable bonds is 8. The number of fused-ring (bicyclic) bond motifs is 1. The predicted octanol–water partition coefficient (Wildman–Crippen LogP) is 1.28. The molecule has 4 aliphatic rings. The Bertz CT molecular complexity index is 1200. The Labute approximate surface area is 203 Å². The van der Waals surface area contributed by atoms with Crippen LogP contribution >= 0.6 is 0 Å². The molecule has 0 bridgehead atoms. The van der Waals surface area contributed by atoms with Gasteiger partial charge in [-0.3, -0.25) is 14.3 Å². The van der Waals surface area contributed by atoms with Crippen molar-refractivity contribution in [3.05, 3.63) is 47.8 Å². The van der Waals surface area contributed by atoms with Crippen LogP contribution in [-0.2, 0) is 30.9 Å². The number of aryl methyl sites for hydroxylation is 1. The first kappa shape index (κ1) is 23.9. The van der Waals surface area contributed by atoms with Gasteiger partial charge in [0, 0.05) is 24.4 Å². The summed E-state index contributed by atoms with van der Waals surface area (Å²) >= 11 is 0. The van der Waals surface area contributed by atoms with Crippen molar-refractivity contribution >= 4 is 27.5 Å². The normalized spacial score (nSPS) is 30.9. The zero-order valence-corrected chi connectivity index (χ0v) is 20.1. The lowest BCUT2D eigenvalue weighted by molar-refractivity contribution is -0.130. The molecule has 11 heteroatoms. The Morgan fingerprint density at radius 2 is 2.09 bits per heavy atom. The topological polar surface area (TPSA) is 126 Å². The van der Waals surface area contributed by atoms with Crippen LogP contribution in [0.15, 0.2) is 36.0 Å². The second-order valence-corrected chi connectivity index (χ2v) is 11.8. The van der Waals surface area contributed by atoms with E-state index in [0.29, 0.717) is 44.4 Å². The standard InChI is InChI=1S/C24H29FN4O5S/c1-2-15-12-24(15,23(31)29-35(32,33)18-8-9-18)27-22(30)21-11-17(13-26-21)34-28-20-5-3-4-14-6-7-16(25)10-19(14)20/h2,6-7,10,15,17-18,21,26H,1,3-5,8-9,11-13H2,(H,27,30)(H,29,31)/b28-20-/t15-,17?,21?,24+/m1/s1. The molecule has 9 nitrogen and oxygen atoms in total. The molecule has 3 N–H and O–H groups in total. The van der Waals surface area contributed by atoms with Crippen LogP contribution in [0.2, 0.25) is 0 Å². The molecule has 2 amide bonds. The first-order valence-corrected chi connectivity index (χ1v) is 13.5. The highest BCUT2D eigenvalue weighted by molar-refractivity contribution is 7.91. The first-order valence-electron chi connectivity index (χ1n) is 12.0. The van der Waals surface area contributed by atoms with Gasteiger partial charge in [0.1, 0.15) is 17.5 Å². The summed E-state index contributed by atoms with van der Waals surface area (Å²) in [4.78, 5) is 31.5. The van der Waals surface area contributed by atoms with Crippen LogP contribution in [-0.4, -0.2) is 55.4 Å². The molecule has 2 unspecified atom stereocenters.